The Labute approximate surface area is 143 Å². The molecule has 1 fully saturated rings. The van der Waals surface area contributed by atoms with Crippen LogP contribution in [0.15, 0.2) is 30.6 Å². The Morgan fingerprint density at radius 1 is 1.38 bits per heavy atom. The number of hydrogen-bond donors (Lipinski definition) is 0. The normalized spacial score (nSPS) is 17.7. The van der Waals surface area contributed by atoms with Gasteiger partial charge in [-0.2, -0.15) is 0 Å². The number of aromatic nitrogens is 2. The van der Waals surface area contributed by atoms with E-state index in [1.165, 1.54) is 0 Å². The minimum Gasteiger partial charge on any atom is -0.376 e. The van der Waals surface area contributed by atoms with Crippen LogP contribution in [0, 0.1) is 0 Å². The van der Waals surface area contributed by atoms with Crippen LogP contribution in [0.25, 0.3) is 5.65 Å². The van der Waals surface area contributed by atoms with Crippen molar-refractivity contribution in [3.8, 4) is 0 Å². The number of imidazole rings is 1. The van der Waals surface area contributed by atoms with Gasteiger partial charge in [-0.1, -0.05) is 6.07 Å². The van der Waals surface area contributed by atoms with E-state index in [2.05, 4.69) is 9.88 Å². The van der Waals surface area contributed by atoms with Gasteiger partial charge < -0.3 is 18.9 Å². The van der Waals surface area contributed by atoms with Gasteiger partial charge in [-0.3, -0.25) is 4.79 Å². The first-order valence-corrected chi connectivity index (χ1v) is 8.58. The SMILES string of the molecule is CN(C)CCN(C[C@H]1CCCO1)C(=O)Cc1cn2ccccc2n1. The first-order valence-electron chi connectivity index (χ1n) is 8.58. The molecule has 0 N–H and O–H groups in total. The minimum atomic E-state index is 0.121. The number of pyridine rings is 1. The summed E-state index contributed by atoms with van der Waals surface area (Å²) in [6, 6.07) is 5.86. The second-order valence-electron chi connectivity index (χ2n) is 6.65. The number of carbonyl (C=O) groups excluding carboxylic acids is 1. The van der Waals surface area contributed by atoms with Crippen LogP contribution in [0.2, 0.25) is 0 Å². The van der Waals surface area contributed by atoms with Crippen LogP contribution in [0.3, 0.4) is 0 Å². The molecule has 0 spiro atoms. The van der Waals surface area contributed by atoms with E-state index in [0.29, 0.717) is 13.0 Å². The highest BCUT2D eigenvalue weighted by atomic mass is 16.5. The highest BCUT2D eigenvalue weighted by molar-refractivity contribution is 5.78. The van der Waals surface area contributed by atoms with Crippen molar-refractivity contribution in [2.75, 3.05) is 40.3 Å². The largest absolute Gasteiger partial charge is 0.376 e. The van der Waals surface area contributed by atoms with Crippen molar-refractivity contribution >= 4 is 11.6 Å². The molecule has 1 atom stereocenters. The lowest BCUT2D eigenvalue weighted by Gasteiger charge is -2.26. The number of ether oxygens (including phenoxy) is 1. The predicted molar refractivity (Wildman–Crippen MR) is 93.0 cm³/mol. The van der Waals surface area contributed by atoms with Crippen LogP contribution in [-0.4, -0.2) is 71.5 Å². The molecule has 1 aliphatic rings. The zero-order chi connectivity index (χ0) is 16.9. The van der Waals surface area contributed by atoms with Crippen LogP contribution < -0.4 is 0 Å². The van der Waals surface area contributed by atoms with Gasteiger partial charge in [-0.05, 0) is 39.1 Å². The summed E-state index contributed by atoms with van der Waals surface area (Å²) in [7, 11) is 4.05. The van der Waals surface area contributed by atoms with Crippen molar-refractivity contribution in [1.82, 2.24) is 19.2 Å². The summed E-state index contributed by atoms with van der Waals surface area (Å²) in [5.74, 6) is 0.121. The first kappa shape index (κ1) is 16.9. The number of nitrogens with zero attached hydrogens (tertiary/aromatic N) is 4. The molecular weight excluding hydrogens is 304 g/mol. The van der Waals surface area contributed by atoms with Gasteiger partial charge in [0.2, 0.25) is 5.91 Å². The van der Waals surface area contributed by atoms with E-state index in [9.17, 15) is 4.79 Å². The monoisotopic (exact) mass is 330 g/mol. The number of likely N-dealkylation sites (N-methyl/N-ethyl adjacent to an activating group) is 1. The third kappa shape index (κ3) is 4.33. The molecular formula is C18H26N4O2. The molecule has 1 saturated heterocycles. The summed E-state index contributed by atoms with van der Waals surface area (Å²) in [5.41, 5.74) is 1.69. The summed E-state index contributed by atoms with van der Waals surface area (Å²) >= 11 is 0. The lowest BCUT2D eigenvalue weighted by atomic mass is 10.2. The Kier molecular flexibility index (Phi) is 5.48. The van der Waals surface area contributed by atoms with Gasteiger partial charge in [-0.15, -0.1) is 0 Å². The van der Waals surface area contributed by atoms with Crippen LogP contribution in [-0.2, 0) is 16.0 Å². The predicted octanol–water partition coefficient (Wildman–Crippen LogP) is 1.45. The minimum absolute atomic E-state index is 0.121. The van der Waals surface area contributed by atoms with E-state index >= 15 is 0 Å². The number of rotatable bonds is 7. The summed E-state index contributed by atoms with van der Waals surface area (Å²) in [4.78, 5) is 21.4. The second-order valence-corrected chi connectivity index (χ2v) is 6.65. The van der Waals surface area contributed by atoms with Crippen molar-refractivity contribution in [2.24, 2.45) is 0 Å². The molecule has 1 aliphatic heterocycles. The summed E-state index contributed by atoms with van der Waals surface area (Å²) < 4.78 is 7.66. The Morgan fingerprint density at radius 3 is 2.96 bits per heavy atom. The molecule has 6 nitrogen and oxygen atoms in total. The molecule has 0 bridgehead atoms. The maximum absolute atomic E-state index is 12.8. The van der Waals surface area contributed by atoms with E-state index in [-0.39, 0.29) is 12.0 Å². The molecule has 0 aromatic carbocycles. The lowest BCUT2D eigenvalue weighted by molar-refractivity contribution is -0.132. The van der Waals surface area contributed by atoms with Crippen LogP contribution in [0.5, 0.6) is 0 Å². The zero-order valence-corrected chi connectivity index (χ0v) is 14.5. The number of carbonyl (C=O) groups is 1. The molecule has 130 valence electrons. The molecule has 2 aromatic heterocycles. The van der Waals surface area contributed by atoms with Gasteiger partial charge >= 0.3 is 0 Å². The molecule has 2 aromatic rings. The third-order valence-electron chi connectivity index (χ3n) is 4.36. The molecule has 0 radical (unpaired) electrons. The van der Waals surface area contributed by atoms with E-state index in [1.54, 1.807) is 0 Å². The number of fused-ring (bicyclic) bond motifs is 1. The summed E-state index contributed by atoms with van der Waals surface area (Å²) in [5, 5.41) is 0. The van der Waals surface area contributed by atoms with Crippen molar-refractivity contribution in [1.29, 1.82) is 0 Å². The smallest absolute Gasteiger partial charge is 0.228 e. The second kappa shape index (κ2) is 7.77. The Hall–Kier alpha value is -1.92. The van der Waals surface area contributed by atoms with Gasteiger partial charge in [0.25, 0.3) is 0 Å². The van der Waals surface area contributed by atoms with E-state index in [1.807, 2.05) is 54.0 Å². The lowest BCUT2D eigenvalue weighted by Crippen LogP contribution is -2.42. The van der Waals surface area contributed by atoms with Crippen LogP contribution >= 0.6 is 0 Å². The molecule has 0 unspecified atom stereocenters. The number of amides is 1. The highest BCUT2D eigenvalue weighted by Gasteiger charge is 2.23. The van der Waals surface area contributed by atoms with Gasteiger partial charge in [0.05, 0.1) is 18.2 Å². The van der Waals surface area contributed by atoms with Gasteiger partial charge in [0.1, 0.15) is 5.65 Å². The Bertz CT molecular complexity index is 643. The summed E-state index contributed by atoms with van der Waals surface area (Å²) in [6.45, 7) is 3.07. The molecule has 6 heteroatoms. The molecule has 3 heterocycles. The van der Waals surface area contributed by atoms with Crippen LogP contribution in [0.4, 0.5) is 0 Å². The highest BCUT2D eigenvalue weighted by Crippen LogP contribution is 2.14. The van der Waals surface area contributed by atoms with E-state index in [0.717, 1.165) is 43.9 Å². The van der Waals surface area contributed by atoms with Crippen molar-refractivity contribution in [3.05, 3.63) is 36.3 Å². The molecule has 0 saturated carbocycles. The molecule has 3 rings (SSSR count). The fourth-order valence-corrected chi connectivity index (χ4v) is 3.01. The van der Waals surface area contributed by atoms with Crippen molar-refractivity contribution in [3.63, 3.8) is 0 Å². The first-order chi connectivity index (χ1) is 11.6. The number of hydrogen-bond acceptors (Lipinski definition) is 4. The van der Waals surface area contributed by atoms with Crippen molar-refractivity contribution < 1.29 is 9.53 Å². The molecule has 0 aliphatic carbocycles. The van der Waals surface area contributed by atoms with Gasteiger partial charge in [0.15, 0.2) is 0 Å². The van der Waals surface area contributed by atoms with Gasteiger partial charge in [0, 0.05) is 38.6 Å². The van der Waals surface area contributed by atoms with Gasteiger partial charge in [-0.25, -0.2) is 4.98 Å². The topological polar surface area (TPSA) is 50.1 Å². The van der Waals surface area contributed by atoms with Crippen molar-refractivity contribution in [2.45, 2.75) is 25.4 Å². The maximum atomic E-state index is 12.8. The van der Waals surface area contributed by atoms with Crippen LogP contribution in [0.1, 0.15) is 18.5 Å². The van der Waals surface area contributed by atoms with E-state index in [4.69, 9.17) is 4.74 Å². The molecule has 24 heavy (non-hydrogen) atoms. The third-order valence-corrected chi connectivity index (χ3v) is 4.36. The van der Waals surface area contributed by atoms with E-state index < -0.39 is 0 Å². The summed E-state index contributed by atoms with van der Waals surface area (Å²) in [6.07, 6.45) is 6.53. The fourth-order valence-electron chi connectivity index (χ4n) is 3.01. The fraction of sp³-hybridized carbons (Fsp3) is 0.556. The Balaban J connectivity index is 1.66. The standard InChI is InChI=1S/C18H26N4O2/c1-20(2)9-10-22(14-16-6-5-11-24-16)18(23)12-15-13-21-8-4-3-7-17(21)19-15/h3-4,7-8,13,16H,5-6,9-12,14H2,1-2H3/t16-/m1/s1. The average Bonchev–Trinajstić information content (AvgIpc) is 3.19. The maximum Gasteiger partial charge on any atom is 0.228 e. The average molecular weight is 330 g/mol. The zero-order valence-electron chi connectivity index (χ0n) is 14.5. The Morgan fingerprint density at radius 2 is 2.25 bits per heavy atom. The molecule has 1 amide bonds. The quantitative estimate of drug-likeness (QED) is 0.771.